The number of hydrogen-bond acceptors (Lipinski definition) is 2. The highest BCUT2D eigenvalue weighted by Gasteiger charge is 2.09. The monoisotopic (exact) mass is 274 g/mol. The number of pyridine rings is 1. The molecule has 2 N–H and O–H groups in total. The number of anilines is 1. The molecule has 0 aliphatic heterocycles. The number of benzene rings is 1. The van der Waals surface area contributed by atoms with E-state index in [0.29, 0.717) is 20.6 Å². The number of nitrogens with two attached hydrogens (primary N) is 1. The lowest BCUT2D eigenvalue weighted by atomic mass is 10.2. The standard InChI is InChI=1S/C9H5BrClFN2/c10-4-1-5-8(11)7(13)3-14-9(5)6(12)2-4/h1-3H,13H2. The fraction of sp³-hybridized carbons (Fsp3) is 0. The van der Waals surface area contributed by atoms with E-state index >= 15 is 0 Å². The number of halogens is 3. The van der Waals surface area contributed by atoms with Gasteiger partial charge in [0.15, 0.2) is 5.82 Å². The molecule has 0 saturated heterocycles. The van der Waals surface area contributed by atoms with Crippen LogP contribution in [0.2, 0.25) is 5.02 Å². The van der Waals surface area contributed by atoms with Gasteiger partial charge >= 0.3 is 0 Å². The van der Waals surface area contributed by atoms with Gasteiger partial charge in [0.05, 0.1) is 16.9 Å². The van der Waals surface area contributed by atoms with Crippen molar-refractivity contribution < 1.29 is 4.39 Å². The van der Waals surface area contributed by atoms with Crippen LogP contribution in [0.1, 0.15) is 0 Å². The molecule has 0 unspecified atom stereocenters. The molecule has 14 heavy (non-hydrogen) atoms. The van der Waals surface area contributed by atoms with Gasteiger partial charge in [-0.1, -0.05) is 27.5 Å². The minimum atomic E-state index is -0.420. The summed E-state index contributed by atoms with van der Waals surface area (Å²) in [5.41, 5.74) is 6.13. The van der Waals surface area contributed by atoms with E-state index in [4.69, 9.17) is 17.3 Å². The largest absolute Gasteiger partial charge is 0.396 e. The van der Waals surface area contributed by atoms with Gasteiger partial charge in [-0.15, -0.1) is 0 Å². The lowest BCUT2D eigenvalue weighted by Gasteiger charge is -2.04. The van der Waals surface area contributed by atoms with Crippen molar-refractivity contribution >= 4 is 44.1 Å². The molecular weight excluding hydrogens is 270 g/mol. The highest BCUT2D eigenvalue weighted by atomic mass is 79.9. The highest BCUT2D eigenvalue weighted by Crippen LogP contribution is 2.30. The van der Waals surface area contributed by atoms with Crippen LogP contribution in [-0.4, -0.2) is 4.98 Å². The highest BCUT2D eigenvalue weighted by molar-refractivity contribution is 9.10. The van der Waals surface area contributed by atoms with E-state index in [9.17, 15) is 4.39 Å². The summed E-state index contributed by atoms with van der Waals surface area (Å²) in [6.45, 7) is 0. The fourth-order valence-electron chi connectivity index (χ4n) is 1.21. The first kappa shape index (κ1) is 9.68. The third kappa shape index (κ3) is 1.44. The zero-order valence-electron chi connectivity index (χ0n) is 6.89. The summed E-state index contributed by atoms with van der Waals surface area (Å²) in [5.74, 6) is -0.420. The SMILES string of the molecule is Nc1cnc2c(F)cc(Br)cc2c1Cl. The first-order valence-corrected chi connectivity index (χ1v) is 4.95. The maximum absolute atomic E-state index is 13.4. The predicted molar refractivity (Wildman–Crippen MR) is 58.8 cm³/mol. The van der Waals surface area contributed by atoms with Crippen LogP contribution in [0, 0.1) is 5.82 Å². The van der Waals surface area contributed by atoms with Gasteiger partial charge in [-0.2, -0.15) is 0 Å². The Kier molecular flexibility index (Phi) is 2.33. The third-order valence-corrected chi connectivity index (χ3v) is 2.73. The van der Waals surface area contributed by atoms with E-state index in [2.05, 4.69) is 20.9 Å². The topological polar surface area (TPSA) is 38.9 Å². The molecule has 0 saturated carbocycles. The Morgan fingerprint density at radius 3 is 2.86 bits per heavy atom. The molecule has 2 nitrogen and oxygen atoms in total. The summed E-state index contributed by atoms with van der Waals surface area (Å²) in [4.78, 5) is 3.88. The summed E-state index contributed by atoms with van der Waals surface area (Å²) >= 11 is 9.09. The summed E-state index contributed by atoms with van der Waals surface area (Å²) in [6.07, 6.45) is 1.35. The van der Waals surface area contributed by atoms with Gasteiger partial charge < -0.3 is 5.73 Å². The molecule has 0 fully saturated rings. The van der Waals surface area contributed by atoms with Gasteiger partial charge in [-0.05, 0) is 12.1 Å². The molecule has 72 valence electrons. The van der Waals surface area contributed by atoms with Crippen LogP contribution in [0.4, 0.5) is 10.1 Å². The summed E-state index contributed by atoms with van der Waals surface area (Å²) in [7, 11) is 0. The number of aromatic nitrogens is 1. The van der Waals surface area contributed by atoms with Gasteiger partial charge in [0, 0.05) is 9.86 Å². The molecule has 0 atom stereocenters. The van der Waals surface area contributed by atoms with Gasteiger partial charge in [0.25, 0.3) is 0 Å². The van der Waals surface area contributed by atoms with Crippen LogP contribution in [-0.2, 0) is 0 Å². The molecule has 1 heterocycles. The zero-order valence-corrected chi connectivity index (χ0v) is 9.23. The summed E-state index contributed by atoms with van der Waals surface area (Å²) < 4.78 is 14.0. The molecule has 1 aromatic heterocycles. The Hall–Kier alpha value is -0.870. The van der Waals surface area contributed by atoms with Crippen molar-refractivity contribution in [2.75, 3.05) is 5.73 Å². The van der Waals surface area contributed by atoms with Crippen molar-refractivity contribution in [1.29, 1.82) is 0 Å². The van der Waals surface area contributed by atoms with Gasteiger partial charge in [-0.3, -0.25) is 4.98 Å². The van der Waals surface area contributed by atoms with E-state index < -0.39 is 5.82 Å². The smallest absolute Gasteiger partial charge is 0.150 e. The fourth-order valence-corrected chi connectivity index (χ4v) is 1.83. The number of nitrogens with zero attached hydrogens (tertiary/aromatic N) is 1. The maximum Gasteiger partial charge on any atom is 0.150 e. The second-order valence-electron chi connectivity index (χ2n) is 2.81. The van der Waals surface area contributed by atoms with Crippen molar-refractivity contribution in [2.24, 2.45) is 0 Å². The Labute approximate surface area is 93.0 Å². The van der Waals surface area contributed by atoms with Gasteiger partial charge in [0.1, 0.15) is 5.52 Å². The second-order valence-corrected chi connectivity index (χ2v) is 4.10. The Morgan fingerprint density at radius 1 is 1.43 bits per heavy atom. The lowest BCUT2D eigenvalue weighted by Crippen LogP contribution is -1.92. The van der Waals surface area contributed by atoms with Crippen LogP contribution in [0.15, 0.2) is 22.8 Å². The Bertz CT molecular complexity index is 516. The molecule has 0 aliphatic carbocycles. The van der Waals surface area contributed by atoms with Crippen LogP contribution in [0.5, 0.6) is 0 Å². The lowest BCUT2D eigenvalue weighted by molar-refractivity contribution is 0.636. The first-order valence-electron chi connectivity index (χ1n) is 3.78. The zero-order chi connectivity index (χ0) is 10.3. The molecule has 0 aliphatic rings. The van der Waals surface area contributed by atoms with Crippen molar-refractivity contribution in [1.82, 2.24) is 4.98 Å². The van der Waals surface area contributed by atoms with Crippen molar-refractivity contribution in [3.8, 4) is 0 Å². The number of rotatable bonds is 0. The van der Waals surface area contributed by atoms with E-state index in [1.54, 1.807) is 6.07 Å². The van der Waals surface area contributed by atoms with Crippen molar-refractivity contribution in [2.45, 2.75) is 0 Å². The Morgan fingerprint density at radius 2 is 2.14 bits per heavy atom. The van der Waals surface area contributed by atoms with Crippen molar-refractivity contribution in [3.63, 3.8) is 0 Å². The van der Waals surface area contributed by atoms with Crippen LogP contribution >= 0.6 is 27.5 Å². The van der Waals surface area contributed by atoms with Crippen molar-refractivity contribution in [3.05, 3.63) is 33.6 Å². The van der Waals surface area contributed by atoms with E-state index in [1.165, 1.54) is 12.3 Å². The van der Waals surface area contributed by atoms with E-state index in [1.807, 2.05) is 0 Å². The number of fused-ring (bicyclic) bond motifs is 1. The molecule has 2 aromatic rings. The Balaban J connectivity index is 2.95. The molecule has 0 spiro atoms. The maximum atomic E-state index is 13.4. The minimum Gasteiger partial charge on any atom is -0.396 e. The van der Waals surface area contributed by atoms with Gasteiger partial charge in [0.2, 0.25) is 0 Å². The molecule has 2 rings (SSSR count). The first-order chi connectivity index (χ1) is 6.59. The van der Waals surface area contributed by atoms with E-state index in [-0.39, 0.29) is 5.52 Å². The third-order valence-electron chi connectivity index (χ3n) is 1.85. The molecule has 5 heteroatoms. The second kappa shape index (κ2) is 3.37. The predicted octanol–water partition coefficient (Wildman–Crippen LogP) is 3.37. The molecule has 0 bridgehead atoms. The average molecular weight is 276 g/mol. The molecule has 0 amide bonds. The average Bonchev–Trinajstić information content (AvgIpc) is 2.12. The van der Waals surface area contributed by atoms with E-state index in [0.717, 1.165) is 0 Å². The number of nitrogen functional groups attached to an aromatic ring is 1. The minimum absolute atomic E-state index is 0.229. The normalized spacial score (nSPS) is 10.8. The molecular formula is C9H5BrClFN2. The molecule has 1 aromatic carbocycles. The summed E-state index contributed by atoms with van der Waals surface area (Å²) in [5, 5.41) is 0.841. The quantitative estimate of drug-likeness (QED) is 0.800. The van der Waals surface area contributed by atoms with Gasteiger partial charge in [-0.25, -0.2) is 4.39 Å². The summed E-state index contributed by atoms with van der Waals surface area (Å²) in [6, 6.07) is 3.02. The van der Waals surface area contributed by atoms with Crippen LogP contribution in [0.25, 0.3) is 10.9 Å². The van der Waals surface area contributed by atoms with Crippen LogP contribution < -0.4 is 5.73 Å². The number of hydrogen-bond donors (Lipinski definition) is 1. The molecule has 0 radical (unpaired) electrons. The van der Waals surface area contributed by atoms with Crippen LogP contribution in [0.3, 0.4) is 0 Å².